The first kappa shape index (κ1) is 17.4. The maximum Gasteiger partial charge on any atom is 0.243 e. The molecule has 7 nitrogen and oxygen atoms in total. The van der Waals surface area contributed by atoms with Gasteiger partial charge in [-0.05, 0) is 26.7 Å². The van der Waals surface area contributed by atoms with E-state index in [2.05, 4.69) is 32.2 Å². The van der Waals surface area contributed by atoms with Crippen LogP contribution in [0.3, 0.4) is 0 Å². The summed E-state index contributed by atoms with van der Waals surface area (Å²) in [7, 11) is 0. The highest BCUT2D eigenvalue weighted by atomic mass is 16.5. The molecule has 1 saturated heterocycles. The molecule has 0 bridgehead atoms. The minimum Gasteiger partial charge on any atom is -0.353 e. The molecule has 1 atom stereocenters. The maximum atomic E-state index is 12.0. The van der Waals surface area contributed by atoms with Crippen molar-refractivity contribution < 1.29 is 9.32 Å². The maximum absolute atomic E-state index is 12.0. The van der Waals surface area contributed by atoms with Crippen LogP contribution in [0, 0.1) is 6.92 Å². The first-order valence-electron chi connectivity index (χ1n) is 9.18. The van der Waals surface area contributed by atoms with Crippen LogP contribution in [0.1, 0.15) is 56.8 Å². The van der Waals surface area contributed by atoms with E-state index < -0.39 is 0 Å². The summed E-state index contributed by atoms with van der Waals surface area (Å²) in [5, 5.41) is 7.04. The van der Waals surface area contributed by atoms with Gasteiger partial charge < -0.3 is 14.7 Å². The van der Waals surface area contributed by atoms with Gasteiger partial charge in [-0.25, -0.2) is 0 Å². The zero-order chi connectivity index (χ0) is 16.9. The SMILES string of the molecule is Cc1noc([C@H](C)N2CCN(CCC(=O)NC3CCCC3)CC2)n1. The number of nitrogens with one attached hydrogen (secondary N) is 1. The highest BCUT2D eigenvalue weighted by Crippen LogP contribution is 2.20. The molecule has 2 aliphatic rings. The average molecular weight is 335 g/mol. The van der Waals surface area contributed by atoms with Crippen LogP contribution in [0.5, 0.6) is 0 Å². The van der Waals surface area contributed by atoms with Crippen LogP contribution in [-0.4, -0.2) is 64.6 Å². The standard InChI is InChI=1S/C17H29N5O2/c1-13(17-18-14(2)20-24-17)22-11-9-21(10-12-22)8-7-16(23)19-15-5-3-4-6-15/h13,15H,3-12H2,1-2H3,(H,19,23)/t13-/m0/s1. The number of carbonyl (C=O) groups excluding carboxylic acids is 1. The predicted molar refractivity (Wildman–Crippen MR) is 90.5 cm³/mol. The minimum atomic E-state index is 0.152. The Morgan fingerprint density at radius 2 is 2.00 bits per heavy atom. The highest BCUT2D eigenvalue weighted by Gasteiger charge is 2.25. The second-order valence-corrected chi connectivity index (χ2v) is 7.03. The largest absolute Gasteiger partial charge is 0.353 e. The van der Waals surface area contributed by atoms with Gasteiger partial charge >= 0.3 is 0 Å². The summed E-state index contributed by atoms with van der Waals surface area (Å²) >= 11 is 0. The molecule has 0 aromatic carbocycles. The Labute approximate surface area is 143 Å². The Bertz CT molecular complexity index is 533. The fourth-order valence-corrected chi connectivity index (χ4v) is 3.64. The molecule has 134 valence electrons. The topological polar surface area (TPSA) is 74.5 Å². The van der Waals surface area contributed by atoms with Gasteiger partial charge in [0.2, 0.25) is 11.8 Å². The van der Waals surface area contributed by atoms with Gasteiger partial charge in [-0.15, -0.1) is 0 Å². The lowest BCUT2D eigenvalue weighted by Crippen LogP contribution is -2.48. The summed E-state index contributed by atoms with van der Waals surface area (Å²) < 4.78 is 5.28. The van der Waals surface area contributed by atoms with Crippen molar-refractivity contribution in [3.63, 3.8) is 0 Å². The van der Waals surface area contributed by atoms with E-state index in [-0.39, 0.29) is 11.9 Å². The Morgan fingerprint density at radius 1 is 1.29 bits per heavy atom. The van der Waals surface area contributed by atoms with Crippen LogP contribution in [0.15, 0.2) is 4.52 Å². The number of piperazine rings is 1. The summed E-state index contributed by atoms with van der Waals surface area (Å²) in [6.07, 6.45) is 5.42. The fourth-order valence-electron chi connectivity index (χ4n) is 3.64. The third-order valence-corrected chi connectivity index (χ3v) is 5.23. The molecular weight excluding hydrogens is 306 g/mol. The van der Waals surface area contributed by atoms with E-state index in [1.165, 1.54) is 12.8 Å². The molecule has 1 aliphatic carbocycles. The quantitative estimate of drug-likeness (QED) is 0.849. The molecule has 2 fully saturated rings. The molecule has 1 N–H and O–H groups in total. The van der Waals surface area contributed by atoms with Crippen molar-refractivity contribution in [3.05, 3.63) is 11.7 Å². The van der Waals surface area contributed by atoms with Gasteiger partial charge in [-0.1, -0.05) is 18.0 Å². The smallest absolute Gasteiger partial charge is 0.243 e. The lowest BCUT2D eigenvalue weighted by Gasteiger charge is -2.36. The summed E-state index contributed by atoms with van der Waals surface area (Å²) in [5.74, 6) is 1.58. The van der Waals surface area contributed by atoms with Crippen molar-refractivity contribution in [2.24, 2.45) is 0 Å². The summed E-state index contributed by atoms with van der Waals surface area (Å²) in [5.41, 5.74) is 0. The minimum absolute atomic E-state index is 0.152. The Morgan fingerprint density at radius 3 is 2.62 bits per heavy atom. The van der Waals surface area contributed by atoms with Gasteiger partial charge in [0.1, 0.15) is 0 Å². The van der Waals surface area contributed by atoms with Gasteiger partial charge in [0.25, 0.3) is 0 Å². The van der Waals surface area contributed by atoms with Crippen molar-refractivity contribution in [3.8, 4) is 0 Å². The Hall–Kier alpha value is -1.47. The van der Waals surface area contributed by atoms with E-state index in [1.54, 1.807) is 0 Å². The highest BCUT2D eigenvalue weighted by molar-refractivity contribution is 5.76. The first-order chi connectivity index (χ1) is 11.6. The molecule has 24 heavy (non-hydrogen) atoms. The number of hydrogen-bond donors (Lipinski definition) is 1. The number of aromatic nitrogens is 2. The van der Waals surface area contributed by atoms with E-state index in [0.717, 1.165) is 45.6 Å². The van der Waals surface area contributed by atoms with E-state index in [1.807, 2.05) is 6.92 Å². The van der Waals surface area contributed by atoms with Crippen LogP contribution >= 0.6 is 0 Å². The van der Waals surface area contributed by atoms with Gasteiger partial charge in [0, 0.05) is 45.2 Å². The Kier molecular flexibility index (Phi) is 5.84. The van der Waals surface area contributed by atoms with E-state index in [9.17, 15) is 4.79 Å². The van der Waals surface area contributed by atoms with E-state index in [0.29, 0.717) is 24.2 Å². The zero-order valence-electron chi connectivity index (χ0n) is 14.8. The third kappa shape index (κ3) is 4.54. The van der Waals surface area contributed by atoms with Crippen LogP contribution in [-0.2, 0) is 4.79 Å². The van der Waals surface area contributed by atoms with Crippen molar-refractivity contribution >= 4 is 5.91 Å². The molecular formula is C17H29N5O2. The summed E-state index contributed by atoms with van der Waals surface area (Å²) in [4.78, 5) is 21.1. The number of amides is 1. The first-order valence-corrected chi connectivity index (χ1v) is 9.18. The fraction of sp³-hybridized carbons (Fsp3) is 0.824. The predicted octanol–water partition coefficient (Wildman–Crippen LogP) is 1.51. The van der Waals surface area contributed by atoms with Crippen molar-refractivity contribution in [2.75, 3.05) is 32.7 Å². The second kappa shape index (κ2) is 8.07. The third-order valence-electron chi connectivity index (χ3n) is 5.23. The van der Waals surface area contributed by atoms with Crippen LogP contribution < -0.4 is 5.32 Å². The molecule has 0 unspecified atom stereocenters. The van der Waals surface area contributed by atoms with Crippen molar-refractivity contribution in [1.82, 2.24) is 25.3 Å². The number of hydrogen-bond acceptors (Lipinski definition) is 6. The molecule has 1 amide bonds. The summed E-state index contributed by atoms with van der Waals surface area (Å²) in [6.45, 7) is 8.69. The molecule has 0 spiro atoms. The van der Waals surface area contributed by atoms with Gasteiger partial charge in [-0.3, -0.25) is 9.69 Å². The number of carbonyl (C=O) groups is 1. The van der Waals surface area contributed by atoms with Gasteiger partial charge in [0.15, 0.2) is 5.82 Å². The normalized spacial score (nSPS) is 21.9. The lowest BCUT2D eigenvalue weighted by atomic mass is 10.2. The van der Waals surface area contributed by atoms with E-state index in [4.69, 9.17) is 4.52 Å². The lowest BCUT2D eigenvalue weighted by molar-refractivity contribution is -0.122. The number of nitrogens with zero attached hydrogens (tertiary/aromatic N) is 4. The van der Waals surface area contributed by atoms with Crippen LogP contribution in [0.2, 0.25) is 0 Å². The number of aryl methyl sites for hydroxylation is 1. The van der Waals surface area contributed by atoms with Gasteiger partial charge in [-0.2, -0.15) is 4.98 Å². The summed E-state index contributed by atoms with van der Waals surface area (Å²) in [6, 6.07) is 0.576. The van der Waals surface area contributed by atoms with Gasteiger partial charge in [0.05, 0.1) is 6.04 Å². The molecule has 1 saturated carbocycles. The molecule has 0 radical (unpaired) electrons. The number of rotatable bonds is 6. The molecule has 3 rings (SSSR count). The van der Waals surface area contributed by atoms with Crippen LogP contribution in [0.4, 0.5) is 0 Å². The average Bonchev–Trinajstić information content (AvgIpc) is 3.24. The Balaban J connectivity index is 1.36. The monoisotopic (exact) mass is 335 g/mol. The molecule has 1 aromatic rings. The molecule has 1 aliphatic heterocycles. The molecule has 1 aromatic heterocycles. The van der Waals surface area contributed by atoms with Crippen molar-refractivity contribution in [1.29, 1.82) is 0 Å². The molecule has 7 heteroatoms. The van der Waals surface area contributed by atoms with E-state index >= 15 is 0 Å². The zero-order valence-corrected chi connectivity index (χ0v) is 14.8. The second-order valence-electron chi connectivity index (χ2n) is 7.03. The van der Waals surface area contributed by atoms with Crippen molar-refractivity contribution in [2.45, 2.75) is 58.0 Å². The molecule has 2 heterocycles. The van der Waals surface area contributed by atoms with Crippen LogP contribution in [0.25, 0.3) is 0 Å².